The van der Waals surface area contributed by atoms with Crippen molar-refractivity contribution in [3.05, 3.63) is 62.8 Å². The summed E-state index contributed by atoms with van der Waals surface area (Å²) in [4.78, 5) is 0. The predicted molar refractivity (Wildman–Crippen MR) is 87.3 cm³/mol. The average molecular weight is 373 g/mol. The molecule has 0 aliphatic rings. The smallest absolute Gasteiger partial charge is 0.129 e. The van der Waals surface area contributed by atoms with Crippen LogP contribution >= 0.6 is 27.5 Å². The van der Waals surface area contributed by atoms with Gasteiger partial charge in [-0.15, -0.1) is 0 Å². The van der Waals surface area contributed by atoms with Crippen LogP contribution in [0.4, 0.5) is 4.39 Å². The van der Waals surface area contributed by atoms with Gasteiger partial charge < -0.3 is 10.1 Å². The molecule has 0 saturated carbocycles. The van der Waals surface area contributed by atoms with Gasteiger partial charge in [0.05, 0.1) is 0 Å². The second-order valence-electron chi connectivity index (χ2n) is 4.56. The van der Waals surface area contributed by atoms with E-state index in [1.807, 2.05) is 25.1 Å². The van der Waals surface area contributed by atoms with Crippen LogP contribution in [0.3, 0.4) is 0 Å². The Bertz CT molecular complexity index is 621. The van der Waals surface area contributed by atoms with Crippen LogP contribution in [-0.4, -0.2) is 6.54 Å². The molecule has 2 nitrogen and oxygen atoms in total. The zero-order valence-corrected chi connectivity index (χ0v) is 14.0. The van der Waals surface area contributed by atoms with Crippen LogP contribution in [-0.2, 0) is 13.2 Å². The van der Waals surface area contributed by atoms with Crippen LogP contribution in [0.2, 0.25) is 5.02 Å². The molecule has 21 heavy (non-hydrogen) atoms. The van der Waals surface area contributed by atoms with E-state index >= 15 is 0 Å². The molecule has 0 fully saturated rings. The molecular formula is C16H16BrClFNO. The predicted octanol–water partition coefficient (Wildman–Crippen LogP) is 4.93. The van der Waals surface area contributed by atoms with Crippen molar-refractivity contribution < 1.29 is 9.13 Å². The third kappa shape index (κ3) is 4.70. The van der Waals surface area contributed by atoms with E-state index in [9.17, 15) is 4.39 Å². The van der Waals surface area contributed by atoms with Crippen LogP contribution in [0.1, 0.15) is 18.1 Å². The minimum absolute atomic E-state index is 0.146. The first kappa shape index (κ1) is 16.3. The summed E-state index contributed by atoms with van der Waals surface area (Å²) >= 11 is 9.33. The van der Waals surface area contributed by atoms with Crippen LogP contribution in [0.15, 0.2) is 40.9 Å². The molecule has 2 aromatic rings. The van der Waals surface area contributed by atoms with Gasteiger partial charge in [0, 0.05) is 27.2 Å². The van der Waals surface area contributed by atoms with Crippen molar-refractivity contribution in [2.75, 3.05) is 6.54 Å². The average Bonchev–Trinajstić information content (AvgIpc) is 2.47. The summed E-state index contributed by atoms with van der Waals surface area (Å²) in [5, 5.41) is 3.75. The summed E-state index contributed by atoms with van der Waals surface area (Å²) in [7, 11) is 0. The lowest BCUT2D eigenvalue weighted by Crippen LogP contribution is -2.13. The molecule has 0 bridgehead atoms. The Labute approximate surface area is 137 Å². The van der Waals surface area contributed by atoms with Crippen LogP contribution in [0.25, 0.3) is 0 Å². The van der Waals surface area contributed by atoms with Gasteiger partial charge in [-0.25, -0.2) is 4.39 Å². The van der Waals surface area contributed by atoms with E-state index in [0.717, 1.165) is 22.3 Å². The highest BCUT2D eigenvalue weighted by Crippen LogP contribution is 2.25. The highest BCUT2D eigenvalue weighted by atomic mass is 79.9. The number of ether oxygens (including phenoxy) is 1. The van der Waals surface area contributed by atoms with E-state index in [4.69, 9.17) is 16.3 Å². The summed E-state index contributed by atoms with van der Waals surface area (Å²) in [6, 6.07) is 10.2. The second kappa shape index (κ2) is 7.78. The van der Waals surface area contributed by atoms with Gasteiger partial charge in [-0.2, -0.15) is 0 Å². The molecule has 0 spiro atoms. The van der Waals surface area contributed by atoms with E-state index in [0.29, 0.717) is 17.1 Å². The second-order valence-corrected chi connectivity index (χ2v) is 5.91. The van der Waals surface area contributed by atoms with Crippen molar-refractivity contribution in [2.45, 2.75) is 20.1 Å². The van der Waals surface area contributed by atoms with Crippen molar-refractivity contribution in [1.82, 2.24) is 5.32 Å². The number of rotatable bonds is 6. The highest BCUT2D eigenvalue weighted by molar-refractivity contribution is 9.10. The van der Waals surface area contributed by atoms with Gasteiger partial charge in [0.1, 0.15) is 18.2 Å². The Balaban J connectivity index is 2.13. The fourth-order valence-corrected chi connectivity index (χ4v) is 2.50. The van der Waals surface area contributed by atoms with Crippen molar-refractivity contribution in [3.8, 4) is 5.75 Å². The van der Waals surface area contributed by atoms with E-state index in [1.165, 1.54) is 12.1 Å². The maximum Gasteiger partial charge on any atom is 0.129 e. The Morgan fingerprint density at radius 1 is 1.19 bits per heavy atom. The first-order chi connectivity index (χ1) is 10.1. The fourth-order valence-electron chi connectivity index (χ4n) is 1.90. The standard InChI is InChI=1S/C16H16BrClFNO/c1-2-20-9-11-7-13(17)3-6-16(11)21-10-12-8-14(18)4-5-15(12)19/h3-8,20H,2,9-10H2,1H3. The normalized spacial score (nSPS) is 10.7. The number of hydrogen-bond donors (Lipinski definition) is 1. The molecular weight excluding hydrogens is 357 g/mol. The summed E-state index contributed by atoms with van der Waals surface area (Å²) in [6.07, 6.45) is 0. The highest BCUT2D eigenvalue weighted by Gasteiger charge is 2.08. The molecule has 0 heterocycles. The Hall–Kier alpha value is -1.10. The SMILES string of the molecule is CCNCc1cc(Br)ccc1OCc1cc(Cl)ccc1F. The lowest BCUT2D eigenvalue weighted by atomic mass is 10.2. The van der Waals surface area contributed by atoms with Crippen LogP contribution in [0, 0.1) is 5.82 Å². The van der Waals surface area contributed by atoms with Gasteiger partial charge >= 0.3 is 0 Å². The van der Waals surface area contributed by atoms with Gasteiger partial charge in [-0.3, -0.25) is 0 Å². The van der Waals surface area contributed by atoms with Crippen molar-refractivity contribution >= 4 is 27.5 Å². The first-order valence-corrected chi connectivity index (χ1v) is 7.83. The van der Waals surface area contributed by atoms with E-state index in [-0.39, 0.29) is 12.4 Å². The van der Waals surface area contributed by atoms with E-state index < -0.39 is 0 Å². The zero-order valence-electron chi connectivity index (χ0n) is 11.6. The van der Waals surface area contributed by atoms with Gasteiger partial charge in [0.2, 0.25) is 0 Å². The Morgan fingerprint density at radius 3 is 2.76 bits per heavy atom. The maximum atomic E-state index is 13.7. The van der Waals surface area contributed by atoms with Crippen LogP contribution in [0.5, 0.6) is 5.75 Å². The van der Waals surface area contributed by atoms with Gasteiger partial charge in [0.15, 0.2) is 0 Å². The number of nitrogens with one attached hydrogen (secondary N) is 1. The summed E-state index contributed by atoms with van der Waals surface area (Å²) in [5.74, 6) is 0.420. The fraction of sp³-hybridized carbons (Fsp3) is 0.250. The molecule has 0 aliphatic carbocycles. The minimum atomic E-state index is -0.315. The number of halogens is 3. The quantitative estimate of drug-likeness (QED) is 0.776. The van der Waals surface area contributed by atoms with Gasteiger partial charge in [-0.05, 0) is 42.9 Å². The molecule has 0 radical (unpaired) electrons. The van der Waals surface area contributed by atoms with Crippen molar-refractivity contribution in [2.24, 2.45) is 0 Å². The first-order valence-electron chi connectivity index (χ1n) is 6.66. The Morgan fingerprint density at radius 2 is 2.00 bits per heavy atom. The minimum Gasteiger partial charge on any atom is -0.488 e. The number of hydrogen-bond acceptors (Lipinski definition) is 2. The lowest BCUT2D eigenvalue weighted by molar-refractivity contribution is 0.296. The molecule has 0 aromatic heterocycles. The van der Waals surface area contributed by atoms with Crippen molar-refractivity contribution in [3.63, 3.8) is 0 Å². The zero-order chi connectivity index (χ0) is 15.2. The van der Waals surface area contributed by atoms with Gasteiger partial charge in [-0.1, -0.05) is 34.5 Å². The largest absolute Gasteiger partial charge is 0.488 e. The third-order valence-electron chi connectivity index (χ3n) is 2.98. The monoisotopic (exact) mass is 371 g/mol. The molecule has 2 rings (SSSR count). The lowest BCUT2D eigenvalue weighted by Gasteiger charge is -2.13. The molecule has 5 heteroatoms. The van der Waals surface area contributed by atoms with Crippen molar-refractivity contribution in [1.29, 1.82) is 0 Å². The summed E-state index contributed by atoms with van der Waals surface area (Å²) in [5.41, 5.74) is 1.47. The maximum absolute atomic E-state index is 13.7. The van der Waals surface area contributed by atoms with Gasteiger partial charge in [0.25, 0.3) is 0 Å². The summed E-state index contributed by atoms with van der Waals surface area (Å²) < 4.78 is 20.4. The molecule has 1 N–H and O–H groups in total. The molecule has 2 aromatic carbocycles. The third-order valence-corrected chi connectivity index (χ3v) is 3.71. The topological polar surface area (TPSA) is 21.3 Å². The van der Waals surface area contributed by atoms with Crippen LogP contribution < -0.4 is 10.1 Å². The Kier molecular flexibility index (Phi) is 6.03. The molecule has 0 unspecified atom stereocenters. The molecule has 112 valence electrons. The summed E-state index contributed by atoms with van der Waals surface area (Å²) in [6.45, 7) is 3.76. The molecule has 0 aliphatic heterocycles. The number of benzene rings is 2. The van der Waals surface area contributed by atoms with E-state index in [1.54, 1.807) is 6.07 Å². The molecule has 0 saturated heterocycles. The molecule has 0 atom stereocenters. The molecule has 0 amide bonds. The van der Waals surface area contributed by atoms with E-state index in [2.05, 4.69) is 21.2 Å².